The minimum Gasteiger partial charge on any atom is -0.660 e. The molecule has 0 spiro atoms. The zero-order valence-corrected chi connectivity index (χ0v) is 9.46. The SMILES string of the molecule is CCC1CCc2c1[n-]c1ccccc21.[Li+]. The molecule has 0 N–H and O–H groups in total. The van der Waals surface area contributed by atoms with E-state index in [0.717, 1.165) is 5.92 Å². The molecule has 1 heterocycles. The molecular weight excluding hydrogens is 177 g/mol. The van der Waals surface area contributed by atoms with Crippen molar-refractivity contribution in [2.75, 3.05) is 0 Å². The minimum atomic E-state index is 0. The maximum absolute atomic E-state index is 4.75. The fourth-order valence-corrected chi connectivity index (χ4v) is 2.61. The van der Waals surface area contributed by atoms with Gasteiger partial charge in [-0.1, -0.05) is 43.2 Å². The maximum atomic E-state index is 4.75. The molecule has 0 bridgehead atoms. The standard InChI is InChI=1S/C13H14N.Li/c1-2-9-7-8-11-10-5-3-4-6-12(10)14-13(9)11;/h3-6,9H,2,7-8H2,1H3;/q-1;+1. The molecule has 2 aromatic rings. The number of aromatic nitrogens is 1. The number of nitrogens with zero attached hydrogens (tertiary/aromatic N) is 1. The minimum absolute atomic E-state index is 0. The first kappa shape index (κ1) is 10.9. The summed E-state index contributed by atoms with van der Waals surface area (Å²) in [4.78, 5) is 4.75. The van der Waals surface area contributed by atoms with Gasteiger partial charge < -0.3 is 4.98 Å². The van der Waals surface area contributed by atoms with Crippen LogP contribution >= 0.6 is 0 Å². The van der Waals surface area contributed by atoms with Gasteiger partial charge >= 0.3 is 18.9 Å². The normalized spacial score (nSPS) is 18.9. The fourth-order valence-electron chi connectivity index (χ4n) is 2.61. The number of fused-ring (bicyclic) bond motifs is 3. The molecule has 15 heavy (non-hydrogen) atoms. The van der Waals surface area contributed by atoms with E-state index >= 15 is 0 Å². The van der Waals surface area contributed by atoms with Crippen molar-refractivity contribution in [2.24, 2.45) is 0 Å². The van der Waals surface area contributed by atoms with Gasteiger partial charge in [0, 0.05) is 0 Å². The number of aryl methyl sites for hydroxylation is 1. The van der Waals surface area contributed by atoms with E-state index in [1.807, 2.05) is 0 Å². The molecule has 1 aromatic carbocycles. The molecule has 0 radical (unpaired) electrons. The fraction of sp³-hybridized carbons (Fsp3) is 0.385. The zero-order chi connectivity index (χ0) is 9.54. The predicted octanol–water partition coefficient (Wildman–Crippen LogP) is 0.241. The van der Waals surface area contributed by atoms with E-state index in [2.05, 4.69) is 31.2 Å². The molecule has 2 heteroatoms. The van der Waals surface area contributed by atoms with Crippen molar-refractivity contribution in [3.63, 3.8) is 0 Å². The van der Waals surface area contributed by atoms with Crippen LogP contribution in [-0.2, 0) is 6.42 Å². The Hall–Kier alpha value is -0.643. The van der Waals surface area contributed by atoms with E-state index < -0.39 is 0 Å². The van der Waals surface area contributed by atoms with Crippen molar-refractivity contribution in [1.29, 1.82) is 0 Å². The van der Waals surface area contributed by atoms with Crippen LogP contribution in [0.3, 0.4) is 0 Å². The van der Waals surface area contributed by atoms with Crippen LogP contribution in [0.1, 0.15) is 36.9 Å². The van der Waals surface area contributed by atoms with Crippen molar-refractivity contribution in [1.82, 2.24) is 4.98 Å². The molecule has 0 aliphatic heterocycles. The Morgan fingerprint density at radius 3 is 2.93 bits per heavy atom. The molecule has 1 aliphatic rings. The van der Waals surface area contributed by atoms with Gasteiger partial charge in [0.2, 0.25) is 0 Å². The Bertz CT molecular complexity index is 472. The third kappa shape index (κ3) is 1.55. The average molecular weight is 191 g/mol. The van der Waals surface area contributed by atoms with Crippen LogP contribution in [0.25, 0.3) is 10.9 Å². The van der Waals surface area contributed by atoms with Gasteiger partial charge in [-0.15, -0.1) is 5.52 Å². The van der Waals surface area contributed by atoms with E-state index in [9.17, 15) is 0 Å². The Labute approximate surface area is 102 Å². The van der Waals surface area contributed by atoms with Gasteiger partial charge in [-0.25, -0.2) is 0 Å². The molecule has 1 aliphatic carbocycles. The van der Waals surface area contributed by atoms with Gasteiger partial charge in [-0.05, 0) is 24.1 Å². The Kier molecular flexibility index (Phi) is 2.95. The molecule has 72 valence electrons. The van der Waals surface area contributed by atoms with Crippen molar-refractivity contribution in [2.45, 2.75) is 32.1 Å². The summed E-state index contributed by atoms with van der Waals surface area (Å²) in [5.41, 5.74) is 4.09. The second kappa shape index (κ2) is 4.08. The van der Waals surface area contributed by atoms with Crippen molar-refractivity contribution in [3.8, 4) is 0 Å². The average Bonchev–Trinajstić information content (AvgIpc) is 2.75. The quantitative estimate of drug-likeness (QED) is 0.589. The second-order valence-corrected chi connectivity index (χ2v) is 4.14. The number of para-hydroxylation sites is 1. The number of hydrogen-bond donors (Lipinski definition) is 0. The summed E-state index contributed by atoms with van der Waals surface area (Å²) in [5, 5.41) is 1.39. The summed E-state index contributed by atoms with van der Waals surface area (Å²) >= 11 is 0. The van der Waals surface area contributed by atoms with E-state index in [1.54, 1.807) is 0 Å². The first-order valence-corrected chi connectivity index (χ1v) is 5.44. The van der Waals surface area contributed by atoms with Crippen LogP contribution in [0.2, 0.25) is 0 Å². The van der Waals surface area contributed by atoms with Crippen LogP contribution in [0.15, 0.2) is 24.3 Å². The topological polar surface area (TPSA) is 14.1 Å². The molecule has 0 fully saturated rings. The van der Waals surface area contributed by atoms with Crippen molar-refractivity contribution in [3.05, 3.63) is 35.5 Å². The van der Waals surface area contributed by atoms with Crippen LogP contribution < -0.4 is 23.8 Å². The largest absolute Gasteiger partial charge is 1.00 e. The van der Waals surface area contributed by atoms with E-state index in [1.165, 1.54) is 41.4 Å². The molecular formula is C13H14LiN. The van der Waals surface area contributed by atoms with E-state index in [0.29, 0.717) is 0 Å². The summed E-state index contributed by atoms with van der Waals surface area (Å²) in [6, 6.07) is 8.52. The van der Waals surface area contributed by atoms with Gasteiger partial charge in [0.25, 0.3) is 0 Å². The summed E-state index contributed by atoms with van der Waals surface area (Å²) in [6.07, 6.45) is 3.77. The molecule has 0 amide bonds. The molecule has 0 saturated carbocycles. The van der Waals surface area contributed by atoms with Crippen LogP contribution in [0.5, 0.6) is 0 Å². The number of hydrogen-bond acceptors (Lipinski definition) is 0. The second-order valence-electron chi connectivity index (χ2n) is 4.14. The Morgan fingerprint density at radius 2 is 2.13 bits per heavy atom. The Morgan fingerprint density at radius 1 is 1.33 bits per heavy atom. The number of benzene rings is 1. The summed E-state index contributed by atoms with van der Waals surface area (Å²) in [7, 11) is 0. The first-order valence-electron chi connectivity index (χ1n) is 5.44. The third-order valence-electron chi connectivity index (χ3n) is 3.40. The summed E-state index contributed by atoms with van der Waals surface area (Å²) in [6.45, 7) is 2.26. The molecule has 1 atom stereocenters. The predicted molar refractivity (Wildman–Crippen MR) is 58.6 cm³/mol. The summed E-state index contributed by atoms with van der Waals surface area (Å²) < 4.78 is 0. The van der Waals surface area contributed by atoms with Crippen molar-refractivity contribution >= 4 is 10.9 Å². The molecule has 1 unspecified atom stereocenters. The van der Waals surface area contributed by atoms with Gasteiger partial charge in [0.15, 0.2) is 0 Å². The summed E-state index contributed by atoms with van der Waals surface area (Å²) in [5.74, 6) is 0.720. The van der Waals surface area contributed by atoms with Gasteiger partial charge in [0.1, 0.15) is 0 Å². The molecule has 3 rings (SSSR count). The van der Waals surface area contributed by atoms with Gasteiger partial charge in [-0.2, -0.15) is 5.69 Å². The van der Waals surface area contributed by atoms with Gasteiger partial charge in [-0.3, -0.25) is 0 Å². The molecule has 1 aromatic heterocycles. The molecule has 1 nitrogen and oxygen atoms in total. The third-order valence-corrected chi connectivity index (χ3v) is 3.40. The van der Waals surface area contributed by atoms with Crippen molar-refractivity contribution < 1.29 is 18.9 Å². The van der Waals surface area contributed by atoms with Gasteiger partial charge in [0.05, 0.1) is 0 Å². The van der Waals surface area contributed by atoms with E-state index in [-0.39, 0.29) is 18.9 Å². The van der Waals surface area contributed by atoms with E-state index in [4.69, 9.17) is 4.98 Å². The first-order chi connectivity index (χ1) is 6.90. The monoisotopic (exact) mass is 191 g/mol. The smallest absolute Gasteiger partial charge is 0.660 e. The van der Waals surface area contributed by atoms with Crippen LogP contribution in [0, 0.1) is 0 Å². The molecule has 0 saturated heterocycles. The Balaban J connectivity index is 0.000000853. The van der Waals surface area contributed by atoms with Crippen LogP contribution in [0.4, 0.5) is 0 Å². The maximum Gasteiger partial charge on any atom is 1.00 e. The number of rotatable bonds is 1. The van der Waals surface area contributed by atoms with Crippen LogP contribution in [-0.4, -0.2) is 0 Å². The zero-order valence-electron chi connectivity index (χ0n) is 9.46.